The SMILES string of the molecule is CCN(C(=O)Cn1c(C(=O)N[C@H]2CC[C@H](C(=O)OC)CC2)cc2sccc21)c1cccc(C(C)C)c1. The number of hydrogen-bond donors (Lipinski definition) is 1. The first-order valence-corrected chi connectivity index (χ1v) is 13.6. The Labute approximate surface area is 216 Å². The summed E-state index contributed by atoms with van der Waals surface area (Å²) in [6, 6.07) is 11.9. The van der Waals surface area contributed by atoms with E-state index in [1.54, 1.807) is 16.2 Å². The molecule has 0 atom stereocenters. The van der Waals surface area contributed by atoms with Crippen LogP contribution >= 0.6 is 11.3 Å². The fourth-order valence-corrected chi connectivity index (χ4v) is 5.83. The maximum Gasteiger partial charge on any atom is 0.308 e. The molecule has 36 heavy (non-hydrogen) atoms. The monoisotopic (exact) mass is 509 g/mol. The van der Waals surface area contributed by atoms with Gasteiger partial charge >= 0.3 is 5.97 Å². The number of aromatic nitrogens is 1. The topological polar surface area (TPSA) is 80.6 Å². The second kappa shape index (κ2) is 11.3. The fourth-order valence-electron chi connectivity index (χ4n) is 5.01. The number of esters is 1. The number of rotatable bonds is 8. The Hall–Kier alpha value is -3.13. The number of fused-ring (bicyclic) bond motifs is 1. The van der Waals surface area contributed by atoms with E-state index in [2.05, 4.69) is 31.3 Å². The molecular weight excluding hydrogens is 474 g/mol. The molecule has 8 heteroatoms. The molecule has 1 N–H and O–H groups in total. The Morgan fingerprint density at radius 2 is 1.89 bits per heavy atom. The molecule has 1 aliphatic rings. The quantitative estimate of drug-likeness (QED) is 0.416. The van der Waals surface area contributed by atoms with Gasteiger partial charge in [0.25, 0.3) is 5.91 Å². The van der Waals surface area contributed by atoms with Crippen LogP contribution in [0.15, 0.2) is 41.8 Å². The largest absolute Gasteiger partial charge is 0.469 e. The van der Waals surface area contributed by atoms with Gasteiger partial charge in [0.15, 0.2) is 0 Å². The van der Waals surface area contributed by atoms with E-state index < -0.39 is 0 Å². The van der Waals surface area contributed by atoms with E-state index in [1.165, 1.54) is 12.7 Å². The molecular formula is C28H35N3O4S. The van der Waals surface area contributed by atoms with E-state index in [0.29, 0.717) is 31.0 Å². The first kappa shape index (κ1) is 25.9. The van der Waals surface area contributed by atoms with E-state index in [0.717, 1.165) is 28.7 Å². The number of hydrogen-bond acceptors (Lipinski definition) is 5. The van der Waals surface area contributed by atoms with Crippen LogP contribution in [-0.4, -0.2) is 42.0 Å². The molecule has 7 nitrogen and oxygen atoms in total. The van der Waals surface area contributed by atoms with Crippen LogP contribution in [-0.2, 0) is 20.9 Å². The molecule has 3 aromatic rings. The minimum absolute atomic E-state index is 0.00130. The predicted octanol–water partition coefficient (Wildman–Crippen LogP) is 5.34. The van der Waals surface area contributed by atoms with E-state index >= 15 is 0 Å². The summed E-state index contributed by atoms with van der Waals surface area (Å²) in [4.78, 5) is 40.5. The lowest BCUT2D eigenvalue weighted by Gasteiger charge is -2.28. The summed E-state index contributed by atoms with van der Waals surface area (Å²) in [7, 11) is 1.41. The van der Waals surface area contributed by atoms with Crippen molar-refractivity contribution in [3.63, 3.8) is 0 Å². The highest BCUT2D eigenvalue weighted by molar-refractivity contribution is 7.17. The summed E-state index contributed by atoms with van der Waals surface area (Å²) < 4.78 is 7.68. The first-order valence-electron chi connectivity index (χ1n) is 12.7. The number of anilines is 1. The van der Waals surface area contributed by atoms with Crippen LogP contribution in [0.5, 0.6) is 0 Å². The Kier molecular flexibility index (Phi) is 8.14. The lowest BCUT2D eigenvalue weighted by Crippen LogP contribution is -2.40. The minimum atomic E-state index is -0.183. The zero-order valence-corrected chi connectivity index (χ0v) is 22.3. The highest BCUT2D eigenvalue weighted by atomic mass is 32.1. The third kappa shape index (κ3) is 5.48. The molecule has 1 fully saturated rings. The normalized spacial score (nSPS) is 17.8. The first-order chi connectivity index (χ1) is 17.3. The van der Waals surface area contributed by atoms with Crippen LogP contribution in [0.1, 0.15) is 68.4 Å². The van der Waals surface area contributed by atoms with Gasteiger partial charge in [-0.3, -0.25) is 14.4 Å². The summed E-state index contributed by atoms with van der Waals surface area (Å²) in [5.74, 6) is -0.144. The smallest absolute Gasteiger partial charge is 0.308 e. The van der Waals surface area contributed by atoms with Gasteiger partial charge < -0.3 is 19.5 Å². The van der Waals surface area contributed by atoms with Crippen molar-refractivity contribution < 1.29 is 19.1 Å². The Morgan fingerprint density at radius 1 is 1.14 bits per heavy atom. The molecule has 192 valence electrons. The second-order valence-corrected chi connectivity index (χ2v) is 10.7. The van der Waals surface area contributed by atoms with Crippen molar-refractivity contribution in [1.82, 2.24) is 9.88 Å². The van der Waals surface area contributed by atoms with Gasteiger partial charge in [-0.15, -0.1) is 11.3 Å². The maximum absolute atomic E-state index is 13.5. The molecule has 4 rings (SSSR count). The van der Waals surface area contributed by atoms with Crippen LogP contribution in [0.2, 0.25) is 0 Å². The third-order valence-corrected chi connectivity index (χ3v) is 7.96. The molecule has 0 radical (unpaired) electrons. The Morgan fingerprint density at radius 3 is 2.56 bits per heavy atom. The maximum atomic E-state index is 13.5. The van der Waals surface area contributed by atoms with Crippen molar-refractivity contribution in [3.8, 4) is 0 Å². The van der Waals surface area contributed by atoms with Crippen LogP contribution in [0, 0.1) is 5.92 Å². The second-order valence-electron chi connectivity index (χ2n) is 9.72. The number of methoxy groups -OCH3 is 1. The van der Waals surface area contributed by atoms with Gasteiger partial charge in [-0.05, 0) is 73.7 Å². The van der Waals surface area contributed by atoms with Gasteiger partial charge in [-0.2, -0.15) is 0 Å². The van der Waals surface area contributed by atoms with E-state index in [-0.39, 0.29) is 36.3 Å². The zero-order valence-electron chi connectivity index (χ0n) is 21.5. The van der Waals surface area contributed by atoms with Gasteiger partial charge in [0.1, 0.15) is 12.2 Å². The number of carbonyl (C=O) groups is 3. The Balaban J connectivity index is 1.52. The number of nitrogens with zero attached hydrogens (tertiary/aromatic N) is 2. The van der Waals surface area contributed by atoms with E-state index in [9.17, 15) is 14.4 Å². The van der Waals surface area contributed by atoms with E-state index in [4.69, 9.17) is 4.74 Å². The van der Waals surface area contributed by atoms with Gasteiger partial charge in [-0.25, -0.2) is 0 Å². The summed E-state index contributed by atoms with van der Waals surface area (Å²) in [5.41, 5.74) is 3.44. The summed E-state index contributed by atoms with van der Waals surface area (Å²) in [6.45, 7) is 6.86. The molecule has 2 aromatic heterocycles. The van der Waals surface area contributed by atoms with Crippen LogP contribution in [0.25, 0.3) is 10.2 Å². The van der Waals surface area contributed by atoms with Gasteiger partial charge in [-0.1, -0.05) is 26.0 Å². The standard InChI is InChI=1S/C28H35N3O4S/c1-5-30(22-8-6-7-20(15-22)18(2)3)26(32)17-31-23-13-14-36-25(23)16-24(31)27(33)29-21-11-9-19(10-12-21)28(34)35-4/h6-8,13-16,18-19,21H,5,9-12,17H2,1-4H3,(H,29,33)/t19-,21-. The van der Waals surface area contributed by atoms with Crippen molar-refractivity contribution in [1.29, 1.82) is 0 Å². The average Bonchev–Trinajstić information content (AvgIpc) is 3.47. The van der Waals surface area contributed by atoms with E-state index in [1.807, 2.05) is 41.1 Å². The van der Waals surface area contributed by atoms with Crippen LogP contribution < -0.4 is 10.2 Å². The molecule has 2 heterocycles. The zero-order chi connectivity index (χ0) is 25.8. The highest BCUT2D eigenvalue weighted by Gasteiger charge is 2.29. The van der Waals surface area contributed by atoms with Crippen LogP contribution in [0.3, 0.4) is 0 Å². The van der Waals surface area contributed by atoms with Gasteiger partial charge in [0.2, 0.25) is 5.91 Å². The summed E-state index contributed by atoms with van der Waals surface area (Å²) in [5, 5.41) is 5.12. The molecule has 2 amide bonds. The number of likely N-dealkylation sites (N-methyl/N-ethyl adjacent to an activating group) is 1. The Bertz CT molecular complexity index is 1240. The molecule has 1 saturated carbocycles. The molecule has 0 saturated heterocycles. The van der Waals surface area contributed by atoms with Crippen molar-refractivity contribution in [2.24, 2.45) is 5.92 Å². The molecule has 1 aromatic carbocycles. The summed E-state index contributed by atoms with van der Waals surface area (Å²) >= 11 is 1.56. The number of carbonyl (C=O) groups excluding carboxylic acids is 3. The molecule has 0 spiro atoms. The highest BCUT2D eigenvalue weighted by Crippen LogP contribution is 2.29. The van der Waals surface area contributed by atoms with Crippen molar-refractivity contribution in [2.75, 3.05) is 18.6 Å². The lowest BCUT2D eigenvalue weighted by molar-refractivity contribution is -0.146. The summed E-state index contributed by atoms with van der Waals surface area (Å²) in [6.07, 6.45) is 2.87. The molecule has 0 aliphatic heterocycles. The third-order valence-electron chi connectivity index (χ3n) is 7.11. The molecule has 0 unspecified atom stereocenters. The minimum Gasteiger partial charge on any atom is -0.469 e. The van der Waals surface area contributed by atoms with Crippen molar-refractivity contribution in [2.45, 2.75) is 65.0 Å². The lowest BCUT2D eigenvalue weighted by atomic mass is 9.86. The predicted molar refractivity (Wildman–Crippen MR) is 144 cm³/mol. The van der Waals surface area contributed by atoms with Crippen molar-refractivity contribution >= 4 is 45.0 Å². The number of thiophene rings is 1. The molecule has 1 aliphatic carbocycles. The number of benzene rings is 1. The van der Waals surface area contributed by atoms with Gasteiger partial charge in [0, 0.05) is 18.3 Å². The fraction of sp³-hybridized carbons (Fsp3) is 0.464. The average molecular weight is 510 g/mol. The number of amides is 2. The van der Waals surface area contributed by atoms with Crippen molar-refractivity contribution in [3.05, 3.63) is 53.0 Å². The number of nitrogens with one attached hydrogen (secondary N) is 1. The molecule has 0 bridgehead atoms. The van der Waals surface area contributed by atoms with Gasteiger partial charge in [0.05, 0.1) is 23.2 Å². The number of ether oxygens (including phenoxy) is 1. The van der Waals surface area contributed by atoms with Crippen LogP contribution in [0.4, 0.5) is 5.69 Å².